The summed E-state index contributed by atoms with van der Waals surface area (Å²) in [5.74, 6) is -1.97. The van der Waals surface area contributed by atoms with Crippen LogP contribution >= 0.6 is 0 Å². The van der Waals surface area contributed by atoms with Crippen LogP contribution in [0.5, 0.6) is 0 Å². The van der Waals surface area contributed by atoms with Gasteiger partial charge in [0.1, 0.15) is 18.1 Å². The summed E-state index contributed by atoms with van der Waals surface area (Å²) in [6, 6.07) is 29.0. The Balaban J connectivity index is 0.000000214. The molecule has 1 atom stereocenters. The summed E-state index contributed by atoms with van der Waals surface area (Å²) in [4.78, 5) is 34.9. The van der Waals surface area contributed by atoms with Crippen molar-refractivity contribution in [2.75, 3.05) is 14.2 Å². The van der Waals surface area contributed by atoms with Crippen LogP contribution in [0.3, 0.4) is 0 Å². The van der Waals surface area contributed by atoms with Crippen molar-refractivity contribution in [3.05, 3.63) is 132 Å². The Labute approximate surface area is 325 Å². The van der Waals surface area contributed by atoms with Crippen molar-refractivity contribution in [1.82, 2.24) is 9.13 Å². The summed E-state index contributed by atoms with van der Waals surface area (Å²) < 4.78 is 40.4. The third-order valence-corrected chi connectivity index (χ3v) is 9.25. The molecule has 10 heteroatoms. The van der Waals surface area contributed by atoms with E-state index >= 15 is 0 Å². The van der Waals surface area contributed by atoms with Crippen LogP contribution in [0.1, 0.15) is 64.0 Å². The van der Waals surface area contributed by atoms with Gasteiger partial charge in [-0.1, -0.05) is 66.7 Å². The maximum absolute atomic E-state index is 13.5. The zero-order chi connectivity index (χ0) is 40.5. The molecule has 0 amide bonds. The molecule has 0 spiro atoms. The lowest BCUT2D eigenvalue weighted by Crippen LogP contribution is -2.12. The van der Waals surface area contributed by atoms with Gasteiger partial charge in [-0.25, -0.2) is 8.78 Å². The fraction of sp³-hybridized carbons (Fsp3) is 0.239. The largest absolute Gasteiger partial charge is 0.469 e. The van der Waals surface area contributed by atoms with Crippen LogP contribution in [-0.2, 0) is 23.9 Å². The quantitative estimate of drug-likeness (QED) is 0.0758. The molecule has 0 aliphatic rings. The monoisotopic (exact) mass is 760 g/mol. The lowest BCUT2D eigenvalue weighted by atomic mass is 10.0. The van der Waals surface area contributed by atoms with Crippen molar-refractivity contribution in [3.63, 3.8) is 0 Å². The minimum atomic E-state index is -0.952. The van der Waals surface area contributed by atoms with Gasteiger partial charge in [-0.3, -0.25) is 14.4 Å². The number of nitrogens with zero attached hydrogens (tertiary/aromatic N) is 2. The van der Waals surface area contributed by atoms with E-state index in [4.69, 9.17) is 0 Å². The average molecular weight is 761 g/mol. The molecule has 1 N–H and O–H groups in total. The molecule has 2 aromatic heterocycles. The Bertz CT molecular complexity index is 2390. The number of esters is 2. The Hall–Kier alpha value is -6.13. The highest BCUT2D eigenvalue weighted by Crippen LogP contribution is 2.39. The van der Waals surface area contributed by atoms with Gasteiger partial charge in [0.25, 0.3) is 0 Å². The summed E-state index contributed by atoms with van der Waals surface area (Å²) in [6.07, 6.45) is 5.18. The first-order valence-corrected chi connectivity index (χ1v) is 18.3. The summed E-state index contributed by atoms with van der Waals surface area (Å²) in [5.41, 5.74) is 7.44. The highest BCUT2D eigenvalue weighted by Gasteiger charge is 2.21. The molecular weight excluding hydrogens is 715 g/mol. The minimum Gasteiger partial charge on any atom is -0.469 e. The molecule has 0 fully saturated rings. The number of ketones is 1. The summed E-state index contributed by atoms with van der Waals surface area (Å²) in [6.45, 7) is 8.30. The molecule has 1 unspecified atom stereocenters. The number of hydrogen-bond acceptors (Lipinski definition) is 6. The number of rotatable bonds is 12. The first kappa shape index (κ1) is 41.0. The van der Waals surface area contributed by atoms with Crippen LogP contribution in [0, 0.1) is 11.6 Å². The Morgan fingerprint density at radius 3 is 1.50 bits per heavy atom. The molecule has 6 aromatic rings. The lowest BCUT2D eigenvalue weighted by molar-refractivity contribution is -0.143. The molecule has 6 rings (SSSR count). The lowest BCUT2D eigenvalue weighted by Gasteiger charge is -2.14. The number of ether oxygens (including phenoxy) is 2. The van der Waals surface area contributed by atoms with Crippen LogP contribution in [0.25, 0.3) is 56.2 Å². The zero-order valence-electron chi connectivity index (χ0n) is 32.3. The number of methoxy groups -OCH3 is 2. The smallest absolute Gasteiger partial charge is 0.313 e. The van der Waals surface area contributed by atoms with Crippen LogP contribution < -0.4 is 0 Å². The number of benzene rings is 4. The SMILES string of the molecule is COC(=O)CC(=O)/C=C/c1c(-c2ccc(F)cc2)c2ccccc2n1C(C)C.COC(=O)CC(O)/C=C/c1c(-c2ccc(F)cc2)c2ccccc2n1C(C)C. The van der Waals surface area contributed by atoms with E-state index < -0.39 is 18.0 Å². The second-order valence-corrected chi connectivity index (χ2v) is 13.8. The maximum atomic E-state index is 13.5. The Kier molecular flexibility index (Phi) is 13.5. The number of carbonyl (C=O) groups excluding carboxylic acids is 3. The predicted molar refractivity (Wildman–Crippen MR) is 218 cm³/mol. The second-order valence-electron chi connectivity index (χ2n) is 13.8. The number of aromatic nitrogens is 2. The molecule has 56 heavy (non-hydrogen) atoms. The Morgan fingerprint density at radius 1 is 0.643 bits per heavy atom. The number of hydrogen-bond donors (Lipinski definition) is 1. The zero-order valence-corrected chi connectivity index (χ0v) is 32.3. The summed E-state index contributed by atoms with van der Waals surface area (Å²) in [7, 11) is 2.55. The Morgan fingerprint density at radius 2 is 1.07 bits per heavy atom. The van der Waals surface area contributed by atoms with Crippen LogP contribution in [0.4, 0.5) is 8.78 Å². The molecule has 2 heterocycles. The van der Waals surface area contributed by atoms with E-state index in [1.54, 1.807) is 36.4 Å². The van der Waals surface area contributed by atoms with Gasteiger partial charge in [0.05, 0.1) is 32.4 Å². The van der Waals surface area contributed by atoms with Crippen molar-refractivity contribution in [2.45, 2.75) is 58.7 Å². The van der Waals surface area contributed by atoms with E-state index in [9.17, 15) is 28.3 Å². The molecule has 0 aliphatic heterocycles. The molecular formula is C46H46F2N2O6. The third-order valence-electron chi connectivity index (χ3n) is 9.25. The van der Waals surface area contributed by atoms with E-state index in [1.165, 1.54) is 44.6 Å². The van der Waals surface area contributed by atoms with E-state index in [0.717, 1.165) is 55.4 Å². The van der Waals surface area contributed by atoms with Gasteiger partial charge in [-0.2, -0.15) is 0 Å². The molecule has 4 aromatic carbocycles. The van der Waals surface area contributed by atoms with Gasteiger partial charge in [0.15, 0.2) is 5.78 Å². The van der Waals surface area contributed by atoms with Crippen molar-refractivity contribution in [1.29, 1.82) is 0 Å². The number of carbonyl (C=O) groups is 3. The molecule has 0 saturated carbocycles. The van der Waals surface area contributed by atoms with E-state index in [1.807, 2.05) is 54.6 Å². The number of halogens is 2. The standard InChI is InChI=1S/C23H24FNO3.C23H22FNO3/c2*1-15(2)25-20-7-5-4-6-19(20)23(16-8-10-17(24)11-9-16)21(25)13-12-18(26)14-22(27)28-3/h4-13,15,18,26H,14H2,1-3H3;4-13,15H,14H2,1-3H3/b2*13-12+. The normalized spacial score (nSPS) is 12.1. The first-order chi connectivity index (χ1) is 26.8. The fourth-order valence-electron chi connectivity index (χ4n) is 6.82. The number of aliphatic hydroxyl groups is 1. The van der Waals surface area contributed by atoms with Gasteiger partial charge in [-0.05, 0) is 93.4 Å². The summed E-state index contributed by atoms with van der Waals surface area (Å²) >= 11 is 0. The molecule has 290 valence electrons. The fourth-order valence-corrected chi connectivity index (χ4v) is 6.82. The number of fused-ring (bicyclic) bond motifs is 2. The highest BCUT2D eigenvalue weighted by atomic mass is 19.1. The van der Waals surface area contributed by atoms with Crippen molar-refractivity contribution in [2.24, 2.45) is 0 Å². The molecule has 0 bridgehead atoms. The van der Waals surface area contributed by atoms with Gasteiger partial charge >= 0.3 is 11.9 Å². The highest BCUT2D eigenvalue weighted by molar-refractivity contribution is 6.06. The van der Waals surface area contributed by atoms with Gasteiger partial charge in [0.2, 0.25) is 0 Å². The molecule has 0 saturated heterocycles. The van der Waals surface area contributed by atoms with Gasteiger partial charge in [-0.15, -0.1) is 0 Å². The molecule has 8 nitrogen and oxygen atoms in total. The van der Waals surface area contributed by atoms with E-state index in [0.29, 0.717) is 0 Å². The second kappa shape index (κ2) is 18.5. The molecule has 0 radical (unpaired) electrons. The van der Waals surface area contributed by atoms with Crippen LogP contribution in [0.15, 0.2) is 109 Å². The first-order valence-electron chi connectivity index (χ1n) is 18.3. The van der Waals surface area contributed by atoms with Crippen molar-refractivity contribution < 1.29 is 37.7 Å². The van der Waals surface area contributed by atoms with Gasteiger partial charge < -0.3 is 23.7 Å². The third kappa shape index (κ3) is 9.38. The topological polar surface area (TPSA) is 99.8 Å². The number of para-hydroxylation sites is 2. The van der Waals surface area contributed by atoms with Crippen LogP contribution in [0.2, 0.25) is 0 Å². The van der Waals surface area contributed by atoms with E-state index in [-0.39, 0.29) is 42.3 Å². The molecule has 0 aliphatic carbocycles. The van der Waals surface area contributed by atoms with Gasteiger partial charge in [0, 0.05) is 50.7 Å². The van der Waals surface area contributed by atoms with Crippen LogP contribution in [-0.4, -0.2) is 52.3 Å². The average Bonchev–Trinajstić information content (AvgIpc) is 3.70. The minimum absolute atomic E-state index is 0.110. The van der Waals surface area contributed by atoms with E-state index in [2.05, 4.69) is 46.3 Å². The predicted octanol–water partition coefficient (Wildman–Crippen LogP) is 10.1. The maximum Gasteiger partial charge on any atom is 0.313 e. The van der Waals surface area contributed by atoms with Crippen molar-refractivity contribution in [3.8, 4) is 22.3 Å². The number of allylic oxidation sites excluding steroid dienone is 1. The summed E-state index contributed by atoms with van der Waals surface area (Å²) in [5, 5.41) is 12.2. The van der Waals surface area contributed by atoms with Crippen molar-refractivity contribution >= 4 is 51.7 Å². The number of aliphatic hydroxyl groups excluding tert-OH is 1.